The molecule has 7 nitrogen and oxygen atoms in total. The Balaban J connectivity index is 1.56. The Morgan fingerprint density at radius 3 is 2.75 bits per heavy atom. The Morgan fingerprint density at radius 1 is 1.12 bits per heavy atom. The number of benzene rings is 1. The maximum absolute atomic E-state index is 13.6. The van der Waals surface area contributed by atoms with E-state index in [2.05, 4.69) is 16.9 Å². The van der Waals surface area contributed by atoms with Gasteiger partial charge in [-0.3, -0.25) is 14.4 Å². The molecule has 0 spiro atoms. The molecule has 3 heterocycles. The Bertz CT molecular complexity index is 912. The fraction of sp³-hybridized carbons (Fsp3) is 0.600. The van der Waals surface area contributed by atoms with Crippen molar-refractivity contribution >= 4 is 5.91 Å². The van der Waals surface area contributed by atoms with Crippen molar-refractivity contribution < 1.29 is 14.3 Å². The maximum Gasteiger partial charge on any atom is 0.257 e. The summed E-state index contributed by atoms with van der Waals surface area (Å²) in [4.78, 5) is 18.0. The van der Waals surface area contributed by atoms with Gasteiger partial charge >= 0.3 is 0 Å². The highest BCUT2D eigenvalue weighted by molar-refractivity contribution is 5.97. The van der Waals surface area contributed by atoms with Crippen LogP contribution in [0.1, 0.15) is 53.7 Å². The van der Waals surface area contributed by atoms with Crippen LogP contribution in [0.3, 0.4) is 0 Å². The molecule has 1 saturated heterocycles. The van der Waals surface area contributed by atoms with Gasteiger partial charge in [0.15, 0.2) is 0 Å². The minimum absolute atomic E-state index is 0.0643. The first-order chi connectivity index (χ1) is 15.6. The number of carbonyl (C=O) groups is 1. The van der Waals surface area contributed by atoms with Crippen molar-refractivity contribution in [1.29, 1.82) is 0 Å². The molecule has 2 aromatic rings. The molecule has 0 aliphatic carbocycles. The van der Waals surface area contributed by atoms with Crippen molar-refractivity contribution in [3.8, 4) is 5.75 Å². The zero-order valence-corrected chi connectivity index (χ0v) is 19.6. The molecule has 0 bridgehead atoms. The van der Waals surface area contributed by atoms with E-state index in [1.54, 1.807) is 7.11 Å². The fourth-order valence-corrected chi connectivity index (χ4v) is 5.00. The lowest BCUT2D eigenvalue weighted by Crippen LogP contribution is -2.51. The van der Waals surface area contributed by atoms with Crippen LogP contribution in [0.15, 0.2) is 30.5 Å². The number of carbonyl (C=O) groups excluding carboxylic acids is 1. The van der Waals surface area contributed by atoms with Gasteiger partial charge in [-0.1, -0.05) is 18.6 Å². The highest BCUT2D eigenvalue weighted by Crippen LogP contribution is 2.29. The Kier molecular flexibility index (Phi) is 7.48. The van der Waals surface area contributed by atoms with Crippen molar-refractivity contribution in [3.63, 3.8) is 0 Å². The third-order valence-electron chi connectivity index (χ3n) is 7.02. The van der Waals surface area contributed by atoms with E-state index in [0.717, 1.165) is 58.3 Å². The van der Waals surface area contributed by atoms with E-state index in [-0.39, 0.29) is 18.1 Å². The molecule has 1 amide bonds. The van der Waals surface area contributed by atoms with Crippen LogP contribution < -0.4 is 4.74 Å². The zero-order chi connectivity index (χ0) is 22.5. The molecule has 0 radical (unpaired) electrons. The fourth-order valence-electron chi connectivity index (χ4n) is 5.00. The van der Waals surface area contributed by atoms with Crippen molar-refractivity contribution in [1.82, 2.24) is 19.6 Å². The van der Waals surface area contributed by atoms with Gasteiger partial charge in [-0.2, -0.15) is 5.10 Å². The Labute approximate surface area is 191 Å². The van der Waals surface area contributed by atoms with Crippen LogP contribution in [0.2, 0.25) is 0 Å². The summed E-state index contributed by atoms with van der Waals surface area (Å²) >= 11 is 0. The van der Waals surface area contributed by atoms with Crippen molar-refractivity contribution in [2.45, 2.75) is 57.7 Å². The monoisotopic (exact) mass is 440 g/mol. The van der Waals surface area contributed by atoms with Gasteiger partial charge in [-0.15, -0.1) is 0 Å². The van der Waals surface area contributed by atoms with E-state index in [4.69, 9.17) is 9.47 Å². The molecule has 1 aromatic heterocycles. The van der Waals surface area contributed by atoms with E-state index in [0.29, 0.717) is 17.9 Å². The number of piperidine rings is 1. The number of fused-ring (bicyclic) bond motifs is 2. The summed E-state index contributed by atoms with van der Waals surface area (Å²) < 4.78 is 13.9. The summed E-state index contributed by atoms with van der Waals surface area (Å²) in [6.07, 6.45) is 7.17. The van der Waals surface area contributed by atoms with Crippen LogP contribution in [0, 0.1) is 6.92 Å². The molecule has 2 atom stereocenters. The molecular weight excluding hydrogens is 404 g/mol. The number of amides is 1. The summed E-state index contributed by atoms with van der Waals surface area (Å²) in [5.41, 5.74) is 3.11. The van der Waals surface area contributed by atoms with Crippen LogP contribution in [-0.2, 0) is 18.3 Å². The molecular formula is C25H36N4O3. The first-order valence-electron chi connectivity index (χ1n) is 11.8. The third kappa shape index (κ3) is 4.99. The lowest BCUT2D eigenvalue weighted by Gasteiger charge is -2.41. The van der Waals surface area contributed by atoms with Gasteiger partial charge in [-0.25, -0.2) is 0 Å². The van der Waals surface area contributed by atoms with Crippen LogP contribution >= 0.6 is 0 Å². The molecule has 174 valence electrons. The van der Waals surface area contributed by atoms with Crippen molar-refractivity contribution in [3.05, 3.63) is 47.3 Å². The number of methoxy groups -OCH3 is 1. The van der Waals surface area contributed by atoms with Gasteiger partial charge in [0.1, 0.15) is 12.4 Å². The number of aryl methyl sites for hydroxylation is 1. The average Bonchev–Trinajstić information content (AvgIpc) is 3.13. The molecule has 2 aliphatic rings. The predicted molar refractivity (Wildman–Crippen MR) is 124 cm³/mol. The van der Waals surface area contributed by atoms with Crippen molar-refractivity contribution in [2.75, 3.05) is 33.4 Å². The van der Waals surface area contributed by atoms with E-state index >= 15 is 0 Å². The van der Waals surface area contributed by atoms with Crippen molar-refractivity contribution in [2.24, 2.45) is 7.05 Å². The molecule has 32 heavy (non-hydrogen) atoms. The normalized spacial score (nSPS) is 23.3. The number of hydrogen-bond acceptors (Lipinski definition) is 5. The lowest BCUT2D eigenvalue weighted by molar-refractivity contribution is -0.0155. The summed E-state index contributed by atoms with van der Waals surface area (Å²) in [6.45, 7) is 6.12. The number of para-hydroxylation sites is 1. The van der Waals surface area contributed by atoms with Crippen LogP contribution in [0.25, 0.3) is 0 Å². The topological polar surface area (TPSA) is 59.8 Å². The largest absolute Gasteiger partial charge is 0.491 e. The summed E-state index contributed by atoms with van der Waals surface area (Å²) in [7, 11) is 3.76. The number of rotatable bonds is 3. The molecule has 7 heteroatoms. The second-order valence-electron chi connectivity index (χ2n) is 8.98. The van der Waals surface area contributed by atoms with Gasteiger partial charge in [0.25, 0.3) is 5.91 Å². The molecule has 2 aliphatic heterocycles. The lowest BCUT2D eigenvalue weighted by atomic mass is 9.93. The number of hydrogen-bond donors (Lipinski definition) is 0. The smallest absolute Gasteiger partial charge is 0.257 e. The third-order valence-corrected chi connectivity index (χ3v) is 7.02. The predicted octanol–water partition coefficient (Wildman–Crippen LogP) is 3.41. The molecule has 0 unspecified atom stereocenters. The van der Waals surface area contributed by atoms with E-state index in [1.165, 1.54) is 11.3 Å². The van der Waals surface area contributed by atoms with Gasteiger partial charge in [-0.05, 0) is 51.3 Å². The quantitative estimate of drug-likeness (QED) is 0.732. The summed E-state index contributed by atoms with van der Waals surface area (Å²) in [5, 5.41) is 4.40. The Hall–Kier alpha value is -2.38. The van der Waals surface area contributed by atoms with Gasteiger partial charge in [0.2, 0.25) is 0 Å². The van der Waals surface area contributed by atoms with Gasteiger partial charge in [0.05, 0.1) is 23.9 Å². The minimum Gasteiger partial charge on any atom is -0.491 e. The minimum atomic E-state index is 0.0643. The number of nitrogens with zero attached hydrogens (tertiary/aromatic N) is 4. The average molecular weight is 441 g/mol. The van der Waals surface area contributed by atoms with Gasteiger partial charge < -0.3 is 14.4 Å². The first-order valence-corrected chi connectivity index (χ1v) is 11.8. The number of aromatic nitrogens is 2. The zero-order valence-electron chi connectivity index (χ0n) is 19.6. The van der Waals surface area contributed by atoms with Crippen LogP contribution in [0.5, 0.6) is 5.75 Å². The van der Waals surface area contributed by atoms with E-state index < -0.39 is 0 Å². The number of ether oxygens (including phenoxy) is 2. The standard InChI is InChI=1S/C25H36N4O3/c1-19-20(17-26-27(19)2)18-28-13-7-6-10-22-24(31-3)12-8-14-29(22)25(30)21-9-4-5-11-23(21)32-16-15-28/h4-5,9,11,17,22,24H,6-8,10,12-16,18H2,1-3H3/t22-,24-/m0/s1. The molecule has 0 N–H and O–H groups in total. The van der Waals surface area contributed by atoms with Gasteiger partial charge in [0, 0.05) is 45.0 Å². The second kappa shape index (κ2) is 10.5. The van der Waals surface area contributed by atoms with Crippen LogP contribution in [0.4, 0.5) is 0 Å². The molecule has 1 aromatic carbocycles. The Morgan fingerprint density at radius 2 is 1.97 bits per heavy atom. The van der Waals surface area contributed by atoms with Crippen LogP contribution in [-0.4, -0.2) is 71.0 Å². The maximum atomic E-state index is 13.6. The molecule has 4 rings (SSSR count). The SMILES string of the molecule is CO[C@H]1CCCN2C(=O)c3ccccc3OCCN(Cc3cnn(C)c3C)CCCC[C@@H]12. The molecule has 0 saturated carbocycles. The highest BCUT2D eigenvalue weighted by atomic mass is 16.5. The van der Waals surface area contributed by atoms with E-state index in [9.17, 15) is 4.79 Å². The van der Waals surface area contributed by atoms with E-state index in [1.807, 2.05) is 47.1 Å². The highest BCUT2D eigenvalue weighted by Gasteiger charge is 2.35. The summed E-state index contributed by atoms with van der Waals surface area (Å²) in [6, 6.07) is 7.77. The summed E-state index contributed by atoms with van der Waals surface area (Å²) in [5.74, 6) is 0.738. The molecule has 1 fully saturated rings. The first kappa shape index (κ1) is 22.8. The second-order valence-corrected chi connectivity index (χ2v) is 8.98.